The molecule has 2 atom stereocenters. The second-order valence-corrected chi connectivity index (χ2v) is 9.96. The van der Waals surface area contributed by atoms with E-state index in [9.17, 15) is 4.79 Å². The van der Waals surface area contributed by atoms with Crippen molar-refractivity contribution in [2.45, 2.75) is 33.1 Å². The van der Waals surface area contributed by atoms with Gasteiger partial charge in [-0.3, -0.25) is 4.79 Å². The summed E-state index contributed by atoms with van der Waals surface area (Å²) in [4.78, 5) is 28.2. The molecule has 0 spiro atoms. The number of methoxy groups -OCH3 is 1. The Balaban J connectivity index is 1.13. The Morgan fingerprint density at radius 2 is 1.79 bits per heavy atom. The Hall–Kier alpha value is -4.20. The van der Waals surface area contributed by atoms with Crippen LogP contribution in [0.1, 0.15) is 29.1 Å². The van der Waals surface area contributed by atoms with Crippen molar-refractivity contribution in [2.24, 2.45) is 11.8 Å². The van der Waals surface area contributed by atoms with Crippen LogP contribution in [0.3, 0.4) is 0 Å². The molecule has 8 nitrogen and oxygen atoms in total. The van der Waals surface area contributed by atoms with Crippen molar-refractivity contribution in [1.82, 2.24) is 15.0 Å². The van der Waals surface area contributed by atoms with Crippen molar-refractivity contribution in [3.8, 4) is 17.2 Å². The summed E-state index contributed by atoms with van der Waals surface area (Å²) in [5.74, 6) is 2.76. The van der Waals surface area contributed by atoms with Crippen molar-refractivity contribution in [3.63, 3.8) is 0 Å². The van der Waals surface area contributed by atoms with Gasteiger partial charge in [0.05, 0.1) is 25.3 Å². The number of hydrogen-bond acceptors (Lipinski definition) is 8. The largest absolute Gasteiger partial charge is 0.493 e. The average Bonchev–Trinajstić information content (AvgIpc) is 3.56. The fourth-order valence-electron chi connectivity index (χ4n) is 5.07. The van der Waals surface area contributed by atoms with E-state index in [0.29, 0.717) is 31.4 Å². The molecule has 1 saturated heterocycles. The molecule has 5 rings (SSSR count). The predicted molar refractivity (Wildman–Crippen MR) is 149 cm³/mol. The summed E-state index contributed by atoms with van der Waals surface area (Å²) in [6.45, 7) is 5.71. The third-order valence-electron chi connectivity index (χ3n) is 7.26. The molecule has 0 saturated carbocycles. The summed E-state index contributed by atoms with van der Waals surface area (Å²) in [5.41, 5.74) is 3.99. The quantitative estimate of drug-likeness (QED) is 0.260. The van der Waals surface area contributed by atoms with E-state index >= 15 is 0 Å². The minimum Gasteiger partial charge on any atom is -0.493 e. The van der Waals surface area contributed by atoms with Gasteiger partial charge in [-0.15, -0.1) is 0 Å². The molecule has 0 aliphatic carbocycles. The van der Waals surface area contributed by atoms with Gasteiger partial charge in [0.15, 0.2) is 0 Å². The molecule has 39 heavy (non-hydrogen) atoms. The topological polar surface area (TPSA) is 90.6 Å². The molecule has 1 aliphatic rings. The lowest BCUT2D eigenvalue weighted by Gasteiger charge is -2.16. The number of hydrogen-bond donors (Lipinski definition) is 0. The summed E-state index contributed by atoms with van der Waals surface area (Å²) in [7, 11) is 1.45. The van der Waals surface area contributed by atoms with Crippen LogP contribution in [-0.2, 0) is 22.4 Å². The zero-order valence-electron chi connectivity index (χ0n) is 22.7. The number of oxazole rings is 1. The van der Waals surface area contributed by atoms with Crippen molar-refractivity contribution in [1.29, 1.82) is 0 Å². The number of anilines is 1. The molecular weight excluding hydrogens is 492 g/mol. The highest BCUT2D eigenvalue weighted by Gasteiger charge is 2.39. The van der Waals surface area contributed by atoms with Crippen molar-refractivity contribution in [2.75, 3.05) is 31.7 Å². The van der Waals surface area contributed by atoms with Crippen molar-refractivity contribution < 1.29 is 18.7 Å². The number of rotatable bonds is 10. The number of aryl methyl sites for hydroxylation is 3. The number of ether oxygens (including phenoxy) is 2. The van der Waals surface area contributed by atoms with Crippen molar-refractivity contribution in [3.05, 3.63) is 89.6 Å². The standard InChI is InChI=1S/C31H34N4O4/c1-21-15-17-32-31(33-21)35-19-25(27(20-35)30(36)37-3)12-9-23-10-13-26(14-11-23)38-18-16-28-22(2)39-29(34-28)24-7-5-4-6-8-24/h4-8,10-11,13-15,17,25,27H,9,12,16,18-20H2,1-3H3/t25-,27+/m1/s1. The minimum absolute atomic E-state index is 0.169. The molecule has 1 fully saturated rings. The van der Waals surface area contributed by atoms with Crippen LogP contribution in [0.15, 0.2) is 71.3 Å². The van der Waals surface area contributed by atoms with Gasteiger partial charge in [-0.25, -0.2) is 15.0 Å². The van der Waals surface area contributed by atoms with Crippen LogP contribution in [-0.4, -0.2) is 47.7 Å². The van der Waals surface area contributed by atoms with Gasteiger partial charge in [0.2, 0.25) is 11.8 Å². The maximum Gasteiger partial charge on any atom is 0.310 e. The maximum absolute atomic E-state index is 12.5. The first-order chi connectivity index (χ1) is 19.0. The molecule has 1 aliphatic heterocycles. The first kappa shape index (κ1) is 26.4. The van der Waals surface area contributed by atoms with Crippen LogP contribution in [0.25, 0.3) is 11.5 Å². The number of benzene rings is 2. The zero-order chi connectivity index (χ0) is 27.2. The van der Waals surface area contributed by atoms with E-state index in [1.54, 1.807) is 6.20 Å². The molecule has 0 amide bonds. The van der Waals surface area contributed by atoms with E-state index < -0.39 is 0 Å². The van der Waals surface area contributed by atoms with Crippen LogP contribution in [0.5, 0.6) is 5.75 Å². The second kappa shape index (κ2) is 12.1. The molecule has 2 aromatic heterocycles. The Morgan fingerprint density at radius 1 is 1.00 bits per heavy atom. The fourth-order valence-corrected chi connectivity index (χ4v) is 5.07. The second-order valence-electron chi connectivity index (χ2n) is 9.96. The normalized spacial score (nSPS) is 16.8. The highest BCUT2D eigenvalue weighted by atomic mass is 16.5. The van der Waals surface area contributed by atoms with E-state index in [-0.39, 0.29) is 17.8 Å². The number of nitrogens with zero attached hydrogens (tertiary/aromatic N) is 4. The summed E-state index contributed by atoms with van der Waals surface area (Å²) in [6.07, 6.45) is 4.16. The fraction of sp³-hybridized carbons (Fsp3) is 0.355. The molecule has 8 heteroatoms. The molecule has 2 aromatic carbocycles. The molecule has 0 radical (unpaired) electrons. The first-order valence-electron chi connectivity index (χ1n) is 13.4. The number of aromatic nitrogens is 3. The third-order valence-corrected chi connectivity index (χ3v) is 7.26. The Bertz CT molecular complexity index is 1390. The van der Waals surface area contributed by atoms with Gasteiger partial charge in [0.25, 0.3) is 0 Å². The van der Waals surface area contributed by atoms with Gasteiger partial charge in [0.1, 0.15) is 11.5 Å². The summed E-state index contributed by atoms with van der Waals surface area (Å²) in [6, 6.07) is 20.0. The number of carbonyl (C=O) groups excluding carboxylic acids is 1. The lowest BCUT2D eigenvalue weighted by atomic mass is 9.90. The summed E-state index contributed by atoms with van der Waals surface area (Å²) < 4.78 is 16.9. The van der Waals surface area contributed by atoms with Crippen LogP contribution < -0.4 is 9.64 Å². The molecule has 202 valence electrons. The molecule has 4 aromatic rings. The molecule has 0 unspecified atom stereocenters. The number of esters is 1. The maximum atomic E-state index is 12.5. The average molecular weight is 527 g/mol. The van der Waals surface area contributed by atoms with Crippen LogP contribution >= 0.6 is 0 Å². The van der Waals surface area contributed by atoms with Crippen molar-refractivity contribution >= 4 is 11.9 Å². The lowest BCUT2D eigenvalue weighted by molar-refractivity contribution is -0.146. The van der Waals surface area contributed by atoms with Crippen LogP contribution in [0.4, 0.5) is 5.95 Å². The van der Waals surface area contributed by atoms with Gasteiger partial charge in [0, 0.05) is 37.0 Å². The van der Waals surface area contributed by atoms with Gasteiger partial charge < -0.3 is 18.8 Å². The Labute approximate surface area is 229 Å². The van der Waals surface area contributed by atoms with E-state index in [0.717, 1.165) is 47.8 Å². The highest BCUT2D eigenvalue weighted by Crippen LogP contribution is 2.31. The van der Waals surface area contributed by atoms with Gasteiger partial charge in [-0.2, -0.15) is 0 Å². The lowest BCUT2D eigenvalue weighted by Crippen LogP contribution is -2.25. The minimum atomic E-state index is -0.191. The third kappa shape index (κ3) is 6.45. The summed E-state index contributed by atoms with van der Waals surface area (Å²) >= 11 is 0. The highest BCUT2D eigenvalue weighted by molar-refractivity contribution is 5.74. The van der Waals surface area contributed by atoms with Gasteiger partial charge in [-0.1, -0.05) is 30.3 Å². The predicted octanol–water partition coefficient (Wildman–Crippen LogP) is 5.23. The molecule has 0 bridgehead atoms. The molecule has 0 N–H and O–H groups in total. The monoisotopic (exact) mass is 526 g/mol. The van der Waals surface area contributed by atoms with E-state index in [1.807, 2.05) is 62.4 Å². The first-order valence-corrected chi connectivity index (χ1v) is 13.4. The zero-order valence-corrected chi connectivity index (χ0v) is 22.7. The smallest absolute Gasteiger partial charge is 0.310 e. The van der Waals surface area contributed by atoms with Crippen LogP contribution in [0.2, 0.25) is 0 Å². The Kier molecular flexibility index (Phi) is 8.20. The number of carbonyl (C=O) groups is 1. The van der Waals surface area contributed by atoms with Gasteiger partial charge >= 0.3 is 5.97 Å². The van der Waals surface area contributed by atoms with Crippen LogP contribution in [0, 0.1) is 25.7 Å². The van der Waals surface area contributed by atoms with Gasteiger partial charge in [-0.05, 0) is 68.5 Å². The van der Waals surface area contributed by atoms with E-state index in [1.165, 1.54) is 12.7 Å². The van der Waals surface area contributed by atoms with E-state index in [4.69, 9.17) is 13.9 Å². The van der Waals surface area contributed by atoms with E-state index in [2.05, 4.69) is 32.0 Å². The SMILES string of the molecule is COC(=O)[C@H]1CN(c2nccc(C)n2)C[C@H]1CCc1ccc(OCCc2nc(-c3ccccc3)oc2C)cc1. The summed E-state index contributed by atoms with van der Waals surface area (Å²) in [5, 5.41) is 0. The molecular formula is C31H34N4O4. The molecule has 3 heterocycles. The Morgan fingerprint density at radius 3 is 2.54 bits per heavy atom.